The number of benzene rings is 2. The molecule has 11 heteroatoms. The highest BCUT2D eigenvalue weighted by Gasteiger charge is 2.12. The van der Waals surface area contributed by atoms with Gasteiger partial charge in [-0.25, -0.2) is 5.43 Å². The van der Waals surface area contributed by atoms with E-state index in [4.69, 9.17) is 25.8 Å². The fourth-order valence-corrected chi connectivity index (χ4v) is 2.71. The van der Waals surface area contributed by atoms with Crippen molar-refractivity contribution in [3.63, 3.8) is 0 Å². The van der Waals surface area contributed by atoms with Gasteiger partial charge in [0.05, 0.1) is 12.8 Å². The molecule has 2 rings (SSSR count). The molecule has 182 valence electrons. The van der Waals surface area contributed by atoms with Crippen LogP contribution in [0.3, 0.4) is 0 Å². The predicted octanol–water partition coefficient (Wildman–Crippen LogP) is 2.36. The van der Waals surface area contributed by atoms with Crippen molar-refractivity contribution < 1.29 is 28.6 Å². The summed E-state index contributed by atoms with van der Waals surface area (Å²) in [5, 5.41) is 9.52. The van der Waals surface area contributed by atoms with E-state index >= 15 is 0 Å². The lowest BCUT2D eigenvalue weighted by atomic mass is 10.2. The van der Waals surface area contributed by atoms with Crippen molar-refractivity contribution in [2.75, 3.05) is 38.8 Å². The Labute approximate surface area is 202 Å². The summed E-state index contributed by atoms with van der Waals surface area (Å²) in [6, 6.07) is 11.6. The van der Waals surface area contributed by atoms with Crippen molar-refractivity contribution in [2.24, 2.45) is 5.10 Å². The minimum absolute atomic E-state index is 0.230. The molecule has 0 saturated heterocycles. The lowest BCUT2D eigenvalue weighted by Crippen LogP contribution is -2.38. The maximum absolute atomic E-state index is 12.2. The molecule has 0 aliphatic heterocycles. The van der Waals surface area contributed by atoms with Crippen LogP contribution < -0.4 is 25.5 Å². The van der Waals surface area contributed by atoms with Gasteiger partial charge in [-0.15, -0.1) is 0 Å². The fraction of sp³-hybridized carbons (Fsp3) is 0.304. The molecule has 0 aromatic heterocycles. The normalized spacial score (nSPS) is 10.6. The molecular weight excluding hydrogens is 464 g/mol. The number of methoxy groups -OCH3 is 1. The number of amides is 3. The Balaban J connectivity index is 1.89. The highest BCUT2D eigenvalue weighted by atomic mass is 35.5. The average Bonchev–Trinajstić information content (AvgIpc) is 2.82. The van der Waals surface area contributed by atoms with Crippen LogP contribution in [0, 0.1) is 0 Å². The highest BCUT2D eigenvalue weighted by Crippen LogP contribution is 2.28. The minimum atomic E-state index is -0.884. The fourth-order valence-electron chi connectivity index (χ4n) is 2.58. The molecule has 0 aliphatic carbocycles. The van der Waals surface area contributed by atoms with E-state index in [9.17, 15) is 14.4 Å². The zero-order valence-electron chi connectivity index (χ0n) is 18.9. The third-order valence-corrected chi connectivity index (χ3v) is 4.40. The second-order valence-electron chi connectivity index (χ2n) is 6.78. The Bertz CT molecular complexity index is 997. The average molecular weight is 491 g/mol. The highest BCUT2D eigenvalue weighted by molar-refractivity contribution is 6.35. The van der Waals surface area contributed by atoms with E-state index in [1.807, 2.05) is 6.92 Å². The first-order valence-electron chi connectivity index (χ1n) is 10.5. The summed E-state index contributed by atoms with van der Waals surface area (Å²) in [7, 11) is 1.55. The van der Waals surface area contributed by atoms with Crippen molar-refractivity contribution in [3.8, 4) is 11.5 Å². The van der Waals surface area contributed by atoms with E-state index in [0.29, 0.717) is 54.0 Å². The molecule has 34 heavy (non-hydrogen) atoms. The lowest BCUT2D eigenvalue weighted by Gasteiger charge is -2.12. The summed E-state index contributed by atoms with van der Waals surface area (Å²) in [6.07, 6.45) is 1.95. The Kier molecular flexibility index (Phi) is 11.4. The number of nitrogens with zero attached hydrogens (tertiary/aromatic N) is 1. The lowest BCUT2D eigenvalue weighted by molar-refractivity contribution is -0.139. The van der Waals surface area contributed by atoms with Gasteiger partial charge in [-0.2, -0.15) is 5.10 Å². The molecular formula is C23H27ClN4O6. The molecule has 0 saturated carbocycles. The van der Waals surface area contributed by atoms with E-state index < -0.39 is 11.8 Å². The molecule has 0 aliphatic rings. The van der Waals surface area contributed by atoms with Crippen LogP contribution in [-0.4, -0.2) is 57.4 Å². The first-order chi connectivity index (χ1) is 16.4. The van der Waals surface area contributed by atoms with Crippen molar-refractivity contribution in [3.05, 3.63) is 53.1 Å². The number of hydrogen-bond acceptors (Lipinski definition) is 7. The number of carbonyl (C=O) groups is 3. The van der Waals surface area contributed by atoms with Crippen LogP contribution >= 0.6 is 11.6 Å². The molecule has 0 atom stereocenters. The molecule has 0 radical (unpaired) electrons. The number of rotatable bonds is 12. The molecule has 0 fully saturated rings. The van der Waals surface area contributed by atoms with E-state index in [-0.39, 0.29) is 12.5 Å². The Morgan fingerprint density at radius 1 is 1.03 bits per heavy atom. The zero-order valence-corrected chi connectivity index (χ0v) is 19.7. The molecule has 3 amide bonds. The summed E-state index contributed by atoms with van der Waals surface area (Å²) in [6.45, 7) is 2.75. The van der Waals surface area contributed by atoms with Gasteiger partial charge in [0, 0.05) is 31.0 Å². The van der Waals surface area contributed by atoms with Gasteiger partial charge in [-0.1, -0.05) is 11.6 Å². The second kappa shape index (κ2) is 14.5. The van der Waals surface area contributed by atoms with Gasteiger partial charge in [-0.05, 0) is 61.4 Å². The monoisotopic (exact) mass is 490 g/mol. The Morgan fingerprint density at radius 2 is 1.79 bits per heavy atom. The van der Waals surface area contributed by atoms with Gasteiger partial charge in [0.15, 0.2) is 18.1 Å². The zero-order chi connectivity index (χ0) is 24.8. The van der Waals surface area contributed by atoms with Crippen LogP contribution in [0.1, 0.15) is 18.9 Å². The van der Waals surface area contributed by atoms with Gasteiger partial charge in [0.1, 0.15) is 0 Å². The van der Waals surface area contributed by atoms with Crippen molar-refractivity contribution >= 4 is 41.2 Å². The van der Waals surface area contributed by atoms with Crippen molar-refractivity contribution in [2.45, 2.75) is 13.3 Å². The third-order valence-electron chi connectivity index (χ3n) is 4.15. The van der Waals surface area contributed by atoms with Gasteiger partial charge in [0.25, 0.3) is 5.91 Å². The minimum Gasteiger partial charge on any atom is -0.490 e. The number of nitrogens with one attached hydrogen (secondary N) is 3. The molecule has 10 nitrogen and oxygen atoms in total. The quantitative estimate of drug-likeness (QED) is 0.181. The topological polar surface area (TPSA) is 127 Å². The smallest absolute Gasteiger partial charge is 0.329 e. The van der Waals surface area contributed by atoms with Crippen molar-refractivity contribution in [1.29, 1.82) is 0 Å². The van der Waals surface area contributed by atoms with E-state index in [0.717, 1.165) is 0 Å². The molecule has 0 bridgehead atoms. The molecule has 2 aromatic carbocycles. The number of anilines is 1. The number of hydrazone groups is 1. The summed E-state index contributed by atoms with van der Waals surface area (Å²) in [5.74, 6) is -1.26. The standard InChI is InChI=1S/C23H27ClN4O6/c1-3-33-20-13-16(14-26-28-23(31)22(30)25-11-4-12-32-2)5-10-19(20)34-15-21(29)27-18-8-6-17(24)7-9-18/h5-10,13-14H,3-4,11-12,15H2,1-2H3,(H,25,30)(H,27,29)(H,28,31)/b26-14-. The van der Waals surface area contributed by atoms with Crippen LogP contribution in [0.15, 0.2) is 47.6 Å². The second-order valence-corrected chi connectivity index (χ2v) is 7.22. The number of ether oxygens (including phenoxy) is 3. The van der Waals surface area contributed by atoms with Gasteiger partial charge in [0.2, 0.25) is 0 Å². The van der Waals surface area contributed by atoms with E-state index in [2.05, 4.69) is 21.2 Å². The Hall–Kier alpha value is -3.63. The molecule has 2 aromatic rings. The first-order valence-corrected chi connectivity index (χ1v) is 10.9. The van der Waals surface area contributed by atoms with E-state index in [1.54, 1.807) is 49.6 Å². The van der Waals surface area contributed by atoms with Crippen LogP contribution in [0.25, 0.3) is 0 Å². The van der Waals surface area contributed by atoms with Crippen LogP contribution in [-0.2, 0) is 19.1 Å². The maximum Gasteiger partial charge on any atom is 0.329 e. The van der Waals surface area contributed by atoms with Gasteiger partial charge in [-0.3, -0.25) is 14.4 Å². The summed E-state index contributed by atoms with van der Waals surface area (Å²) < 4.78 is 16.0. The molecule has 3 N–H and O–H groups in total. The van der Waals surface area contributed by atoms with Gasteiger partial charge >= 0.3 is 11.8 Å². The van der Waals surface area contributed by atoms with Crippen LogP contribution in [0.4, 0.5) is 5.69 Å². The number of carbonyl (C=O) groups excluding carboxylic acids is 3. The predicted molar refractivity (Wildman–Crippen MR) is 128 cm³/mol. The van der Waals surface area contributed by atoms with Crippen LogP contribution in [0.5, 0.6) is 11.5 Å². The number of hydrogen-bond donors (Lipinski definition) is 3. The number of halogens is 1. The first kappa shape index (κ1) is 26.6. The maximum atomic E-state index is 12.2. The largest absolute Gasteiger partial charge is 0.490 e. The SMILES string of the molecule is CCOc1cc(/C=N\NC(=O)C(=O)NCCCOC)ccc1OCC(=O)Nc1ccc(Cl)cc1. The Morgan fingerprint density at radius 3 is 2.50 bits per heavy atom. The summed E-state index contributed by atoms with van der Waals surface area (Å²) in [4.78, 5) is 35.6. The molecule has 0 unspecified atom stereocenters. The summed E-state index contributed by atoms with van der Waals surface area (Å²) in [5.41, 5.74) is 3.34. The van der Waals surface area contributed by atoms with Crippen LogP contribution in [0.2, 0.25) is 5.02 Å². The van der Waals surface area contributed by atoms with E-state index in [1.165, 1.54) is 6.21 Å². The molecule has 0 heterocycles. The summed E-state index contributed by atoms with van der Waals surface area (Å²) >= 11 is 5.84. The molecule has 0 spiro atoms. The van der Waals surface area contributed by atoms with Gasteiger partial charge < -0.3 is 24.8 Å². The van der Waals surface area contributed by atoms with Crippen molar-refractivity contribution in [1.82, 2.24) is 10.7 Å². The third kappa shape index (κ3) is 9.47.